The number of carbonyl (C=O) groups excluding carboxylic acids is 1. The summed E-state index contributed by atoms with van der Waals surface area (Å²) in [5.74, 6) is -0.342. The molecule has 0 atom stereocenters. The predicted octanol–water partition coefficient (Wildman–Crippen LogP) is 4.06. The number of benzene rings is 2. The maximum Gasteiger partial charge on any atom is 0.337 e. The van der Waals surface area contributed by atoms with E-state index in [2.05, 4.69) is 10.8 Å². The number of carbonyl (C=O) groups is 1. The topological polar surface area (TPSA) is 50.1 Å². The molecule has 0 amide bonds. The van der Waals surface area contributed by atoms with Crippen LogP contribution in [-0.4, -0.2) is 13.1 Å². The number of aryl methyl sites for hydroxylation is 1. The van der Waals surface area contributed by atoms with Gasteiger partial charge in [-0.05, 0) is 48.4 Å². The number of hydrogen-bond acceptors (Lipinski definition) is 4. The molecule has 0 bridgehead atoms. The van der Waals surface area contributed by atoms with E-state index in [0.29, 0.717) is 11.1 Å². The highest BCUT2D eigenvalue weighted by Crippen LogP contribution is 2.29. The van der Waals surface area contributed by atoms with Gasteiger partial charge in [0.15, 0.2) is 0 Å². The molecule has 3 nitrogen and oxygen atoms in total. The quantitative estimate of drug-likeness (QED) is 0.799. The first kappa shape index (κ1) is 15.1. The van der Waals surface area contributed by atoms with Gasteiger partial charge in [0.1, 0.15) is 0 Å². The van der Waals surface area contributed by atoms with Gasteiger partial charge in [0.2, 0.25) is 0 Å². The predicted molar refractivity (Wildman–Crippen MR) is 82.4 cm³/mol. The van der Waals surface area contributed by atoms with Gasteiger partial charge in [0.25, 0.3) is 0 Å². The van der Waals surface area contributed by atoms with E-state index in [9.17, 15) is 4.79 Å². The fraction of sp³-hybridized carbons (Fsp3) is 0.176. The van der Waals surface area contributed by atoms with Crippen molar-refractivity contribution >= 4 is 17.7 Å². The number of rotatable bonds is 4. The average molecular weight is 297 g/mol. The molecule has 2 aromatic rings. The van der Waals surface area contributed by atoms with Crippen molar-refractivity contribution in [3.05, 3.63) is 59.2 Å². The molecule has 0 radical (unpaired) electrons. The van der Waals surface area contributed by atoms with Crippen LogP contribution in [0.15, 0.2) is 52.3 Å². The molecular formula is C17H15NO2S. The summed E-state index contributed by atoms with van der Waals surface area (Å²) in [4.78, 5) is 13.4. The Morgan fingerprint density at radius 3 is 2.43 bits per heavy atom. The molecule has 0 spiro atoms. The van der Waals surface area contributed by atoms with E-state index in [4.69, 9.17) is 5.26 Å². The third-order valence-electron chi connectivity index (χ3n) is 3.09. The van der Waals surface area contributed by atoms with E-state index >= 15 is 0 Å². The van der Waals surface area contributed by atoms with Gasteiger partial charge in [0.05, 0.1) is 24.3 Å². The normalized spacial score (nSPS) is 9.95. The van der Waals surface area contributed by atoms with Crippen LogP contribution in [0.2, 0.25) is 0 Å². The summed E-state index contributed by atoms with van der Waals surface area (Å²) < 4.78 is 4.67. The highest BCUT2D eigenvalue weighted by atomic mass is 32.2. The Hall–Kier alpha value is -2.25. The average Bonchev–Trinajstić information content (AvgIpc) is 2.54. The molecule has 0 aliphatic rings. The number of esters is 1. The molecule has 0 unspecified atom stereocenters. The highest BCUT2D eigenvalue weighted by Gasteiger charge is 2.06. The molecule has 0 N–H and O–H groups in total. The fourth-order valence-electron chi connectivity index (χ4n) is 1.94. The second-order valence-corrected chi connectivity index (χ2v) is 5.55. The number of nitrogens with zero attached hydrogens (tertiary/aromatic N) is 1. The maximum absolute atomic E-state index is 11.4. The van der Waals surface area contributed by atoms with Gasteiger partial charge >= 0.3 is 5.97 Å². The van der Waals surface area contributed by atoms with E-state index in [-0.39, 0.29) is 5.97 Å². The van der Waals surface area contributed by atoms with Crippen molar-refractivity contribution in [3.8, 4) is 6.07 Å². The molecule has 0 saturated heterocycles. The van der Waals surface area contributed by atoms with Crippen LogP contribution in [0.3, 0.4) is 0 Å². The first-order chi connectivity index (χ1) is 10.2. The molecule has 4 heteroatoms. The standard InChI is InChI=1S/C17H15NO2S/c1-3-12-4-9-16(10-14(12)11-18)21-15-7-5-13(6-8-15)17(19)20-2/h4-10H,3H2,1-2H3. The van der Waals surface area contributed by atoms with E-state index < -0.39 is 0 Å². The first-order valence-electron chi connectivity index (χ1n) is 6.57. The zero-order valence-electron chi connectivity index (χ0n) is 11.9. The van der Waals surface area contributed by atoms with Crippen molar-refractivity contribution in [3.63, 3.8) is 0 Å². The van der Waals surface area contributed by atoms with Gasteiger partial charge in [0, 0.05) is 9.79 Å². The molecule has 0 saturated carbocycles. The van der Waals surface area contributed by atoms with E-state index in [1.54, 1.807) is 23.9 Å². The summed E-state index contributed by atoms with van der Waals surface area (Å²) in [7, 11) is 1.36. The summed E-state index contributed by atoms with van der Waals surface area (Å²) in [6, 6.07) is 15.3. The van der Waals surface area contributed by atoms with Crippen molar-refractivity contribution in [2.45, 2.75) is 23.1 Å². The Balaban J connectivity index is 2.19. The molecule has 0 fully saturated rings. The Kier molecular flexibility index (Phi) is 5.02. The van der Waals surface area contributed by atoms with Crippen LogP contribution in [-0.2, 0) is 11.2 Å². The van der Waals surface area contributed by atoms with Crippen LogP contribution < -0.4 is 0 Å². The summed E-state index contributed by atoms with van der Waals surface area (Å²) in [5.41, 5.74) is 2.30. The second kappa shape index (κ2) is 6.96. The molecule has 2 aromatic carbocycles. The van der Waals surface area contributed by atoms with Gasteiger partial charge in [-0.25, -0.2) is 4.79 Å². The van der Waals surface area contributed by atoms with E-state index in [1.165, 1.54) is 7.11 Å². The number of nitriles is 1. The lowest BCUT2D eigenvalue weighted by Gasteiger charge is -2.06. The summed E-state index contributed by atoms with van der Waals surface area (Å²) in [6.07, 6.45) is 0.849. The van der Waals surface area contributed by atoms with Gasteiger partial charge < -0.3 is 4.74 Å². The minimum Gasteiger partial charge on any atom is -0.465 e. The van der Waals surface area contributed by atoms with Crippen LogP contribution in [0.25, 0.3) is 0 Å². The van der Waals surface area contributed by atoms with Crippen molar-refractivity contribution in [1.29, 1.82) is 5.26 Å². The van der Waals surface area contributed by atoms with Crippen molar-refractivity contribution in [1.82, 2.24) is 0 Å². The SMILES string of the molecule is CCc1ccc(Sc2ccc(C(=O)OC)cc2)cc1C#N. The van der Waals surface area contributed by atoms with Crippen molar-refractivity contribution in [2.24, 2.45) is 0 Å². The third-order valence-corrected chi connectivity index (χ3v) is 4.09. The van der Waals surface area contributed by atoms with Crippen LogP contribution in [0, 0.1) is 11.3 Å². The highest BCUT2D eigenvalue weighted by molar-refractivity contribution is 7.99. The summed E-state index contributed by atoms with van der Waals surface area (Å²) in [6.45, 7) is 2.04. The smallest absolute Gasteiger partial charge is 0.337 e. The summed E-state index contributed by atoms with van der Waals surface area (Å²) >= 11 is 1.56. The molecular weight excluding hydrogens is 282 g/mol. The molecule has 0 aliphatic carbocycles. The second-order valence-electron chi connectivity index (χ2n) is 4.40. The Labute approximate surface area is 128 Å². The minimum absolute atomic E-state index is 0.342. The van der Waals surface area contributed by atoms with Crippen LogP contribution in [0.5, 0.6) is 0 Å². The third kappa shape index (κ3) is 3.65. The minimum atomic E-state index is -0.342. The zero-order chi connectivity index (χ0) is 15.2. The van der Waals surface area contributed by atoms with E-state index in [1.807, 2.05) is 37.3 Å². The lowest BCUT2D eigenvalue weighted by atomic mass is 10.1. The number of ether oxygens (including phenoxy) is 1. The van der Waals surface area contributed by atoms with Gasteiger partial charge in [-0.3, -0.25) is 0 Å². The Morgan fingerprint density at radius 1 is 1.19 bits per heavy atom. The van der Waals surface area contributed by atoms with Crippen molar-refractivity contribution < 1.29 is 9.53 Å². The fourth-order valence-corrected chi connectivity index (χ4v) is 2.80. The van der Waals surface area contributed by atoms with Crippen LogP contribution >= 0.6 is 11.8 Å². The van der Waals surface area contributed by atoms with Crippen LogP contribution in [0.1, 0.15) is 28.4 Å². The lowest BCUT2D eigenvalue weighted by molar-refractivity contribution is 0.0600. The maximum atomic E-state index is 11.4. The molecule has 0 aromatic heterocycles. The first-order valence-corrected chi connectivity index (χ1v) is 7.38. The lowest BCUT2D eigenvalue weighted by Crippen LogP contribution is -2.00. The molecule has 2 rings (SSSR count). The van der Waals surface area contributed by atoms with Gasteiger partial charge in [-0.15, -0.1) is 0 Å². The Morgan fingerprint density at radius 2 is 1.86 bits per heavy atom. The summed E-state index contributed by atoms with van der Waals surface area (Å²) in [5, 5.41) is 9.15. The Bertz CT molecular complexity index is 687. The molecule has 0 heterocycles. The number of hydrogen-bond donors (Lipinski definition) is 0. The largest absolute Gasteiger partial charge is 0.465 e. The number of methoxy groups -OCH3 is 1. The van der Waals surface area contributed by atoms with E-state index in [0.717, 1.165) is 21.8 Å². The van der Waals surface area contributed by atoms with Gasteiger partial charge in [-0.1, -0.05) is 24.8 Å². The molecule has 0 aliphatic heterocycles. The van der Waals surface area contributed by atoms with Crippen LogP contribution in [0.4, 0.5) is 0 Å². The monoisotopic (exact) mass is 297 g/mol. The molecule has 21 heavy (non-hydrogen) atoms. The van der Waals surface area contributed by atoms with Gasteiger partial charge in [-0.2, -0.15) is 5.26 Å². The van der Waals surface area contributed by atoms with Crippen molar-refractivity contribution in [2.75, 3.05) is 7.11 Å². The molecule has 106 valence electrons. The zero-order valence-corrected chi connectivity index (χ0v) is 12.7.